The first-order chi connectivity index (χ1) is 22.0. The highest BCUT2D eigenvalue weighted by Gasteiger charge is 2.43. The maximum absolute atomic E-state index is 13.4. The first-order valence-corrected chi connectivity index (χ1v) is 15.5. The highest BCUT2D eigenvalue weighted by atomic mass is 19.1. The second-order valence-corrected chi connectivity index (χ2v) is 12.0. The van der Waals surface area contributed by atoms with E-state index in [1.807, 2.05) is 45.9 Å². The van der Waals surface area contributed by atoms with E-state index >= 15 is 0 Å². The zero-order chi connectivity index (χ0) is 32.8. The summed E-state index contributed by atoms with van der Waals surface area (Å²) in [5.74, 6) is 2.36. The number of nitrogens with zero attached hydrogens (tertiary/aromatic N) is 6. The van der Waals surface area contributed by atoms with Crippen LogP contribution in [0.1, 0.15) is 87.1 Å². The number of hydrogen-bond acceptors (Lipinski definition) is 9. The molecule has 6 rings (SSSR count). The number of H-pyrrole nitrogens is 1. The summed E-state index contributed by atoms with van der Waals surface area (Å²) in [4.78, 5) is 37.5. The van der Waals surface area contributed by atoms with Crippen molar-refractivity contribution in [1.82, 2.24) is 45.6 Å². The number of ether oxygens (including phenoxy) is 1. The van der Waals surface area contributed by atoms with Crippen LogP contribution in [-0.2, 0) is 14.3 Å². The maximum Gasteiger partial charge on any atom is 0.252 e. The molecule has 2 fully saturated rings. The molecule has 0 aromatic carbocycles. The summed E-state index contributed by atoms with van der Waals surface area (Å²) in [6.45, 7) is 7.80. The minimum atomic E-state index is -0.928. The Morgan fingerprint density at radius 1 is 1.13 bits per heavy atom. The fourth-order valence-electron chi connectivity index (χ4n) is 5.71. The Hall–Kier alpha value is -4.72. The maximum atomic E-state index is 13.4. The lowest BCUT2D eigenvalue weighted by atomic mass is 9.77. The number of halogens is 1. The number of hydrogen-bond donors (Lipinski definition) is 4. The third-order valence-corrected chi connectivity index (χ3v) is 8.41. The summed E-state index contributed by atoms with van der Waals surface area (Å²) in [5, 5.41) is 20.2. The van der Waals surface area contributed by atoms with Gasteiger partial charge in [0, 0.05) is 55.2 Å². The molecule has 46 heavy (non-hydrogen) atoms. The molecule has 1 saturated heterocycles. The number of aryl methyl sites for hydroxylation is 2. The molecule has 14 heteroatoms. The van der Waals surface area contributed by atoms with Gasteiger partial charge in [-0.15, -0.1) is 0 Å². The second-order valence-electron chi connectivity index (χ2n) is 12.0. The normalized spacial score (nSPS) is 21.6. The van der Waals surface area contributed by atoms with E-state index in [-0.39, 0.29) is 23.8 Å². The third-order valence-electron chi connectivity index (χ3n) is 8.41. The van der Waals surface area contributed by atoms with Gasteiger partial charge < -0.3 is 20.7 Å². The van der Waals surface area contributed by atoms with Crippen molar-refractivity contribution in [3.8, 4) is 5.82 Å². The van der Waals surface area contributed by atoms with E-state index in [0.29, 0.717) is 36.3 Å². The molecule has 1 unspecified atom stereocenters. The molecule has 0 spiro atoms. The molecule has 4 N–H and O–H groups in total. The summed E-state index contributed by atoms with van der Waals surface area (Å²) >= 11 is 0. The highest BCUT2D eigenvalue weighted by Crippen LogP contribution is 2.39. The van der Waals surface area contributed by atoms with Crippen LogP contribution in [0.15, 0.2) is 42.9 Å². The van der Waals surface area contributed by atoms with Gasteiger partial charge >= 0.3 is 0 Å². The molecule has 0 bridgehead atoms. The second kappa shape index (κ2) is 14.1. The van der Waals surface area contributed by atoms with Gasteiger partial charge in [0.1, 0.15) is 17.2 Å². The fourth-order valence-corrected chi connectivity index (χ4v) is 5.71. The van der Waals surface area contributed by atoms with Crippen LogP contribution in [0.4, 0.5) is 16.0 Å². The largest absolute Gasteiger partial charge is 0.368 e. The zero-order valence-electron chi connectivity index (χ0n) is 26.8. The molecule has 5 heterocycles. The molecule has 4 aromatic rings. The van der Waals surface area contributed by atoms with Crippen molar-refractivity contribution in [2.24, 2.45) is 0 Å². The Kier molecular flexibility index (Phi) is 10.0. The van der Waals surface area contributed by atoms with Crippen molar-refractivity contribution in [3.05, 3.63) is 71.4 Å². The topological polar surface area (TPSA) is 165 Å². The van der Waals surface area contributed by atoms with Crippen LogP contribution in [0.2, 0.25) is 0 Å². The number of carbonyl (C=O) groups is 2. The number of pyridine rings is 1. The molecule has 1 aliphatic carbocycles. The number of aromatic nitrogens is 7. The van der Waals surface area contributed by atoms with Gasteiger partial charge in [0.15, 0.2) is 17.5 Å². The van der Waals surface area contributed by atoms with Crippen molar-refractivity contribution in [1.29, 1.82) is 0 Å². The molecular formula is C32H41FN10O3. The summed E-state index contributed by atoms with van der Waals surface area (Å²) in [6, 6.07) is 7.51. The lowest BCUT2D eigenvalue weighted by Crippen LogP contribution is -2.50. The monoisotopic (exact) mass is 632 g/mol. The van der Waals surface area contributed by atoms with Gasteiger partial charge in [-0.2, -0.15) is 10.2 Å². The SMILES string of the molecule is CC1CCC(=O)N1.COC1(C(=O)N[C@@H](C)c2ccc(-n3cc(F)cn3)nc2)CCC(c2nc(C)cc(Nc3cc(C)[nH]n3)n2)CC1. The van der Waals surface area contributed by atoms with Crippen LogP contribution in [0.5, 0.6) is 0 Å². The molecule has 1 aliphatic heterocycles. The van der Waals surface area contributed by atoms with Gasteiger partial charge in [-0.05, 0) is 71.4 Å². The van der Waals surface area contributed by atoms with Gasteiger partial charge in [-0.1, -0.05) is 6.07 Å². The van der Waals surface area contributed by atoms with Crippen molar-refractivity contribution >= 4 is 23.5 Å². The average Bonchev–Trinajstić information content (AvgIpc) is 3.77. The molecule has 0 radical (unpaired) electrons. The Bertz CT molecular complexity index is 1650. The standard InChI is InChI=1S/C27H32FN9O2.C5H9NO/c1-16-11-22(33-23-12-17(2)35-36-23)34-25(31-16)19-7-9-27(39-4,10-8-19)26(38)32-18(3)20-5-6-24(29-13-20)37-15-21(28)14-30-37;1-4-2-3-5(7)6-4/h5-6,11-15,18-19H,7-10H2,1-4H3,(H,32,38)(H2,31,33,34,35,36);4H,2-3H2,1H3,(H,6,7)/t18-,19?,27?;/m0./s1. The minimum Gasteiger partial charge on any atom is -0.368 e. The first-order valence-electron chi connectivity index (χ1n) is 15.5. The predicted molar refractivity (Wildman–Crippen MR) is 169 cm³/mol. The van der Waals surface area contributed by atoms with Crippen LogP contribution < -0.4 is 16.0 Å². The first kappa shape index (κ1) is 32.7. The van der Waals surface area contributed by atoms with E-state index in [4.69, 9.17) is 9.72 Å². The van der Waals surface area contributed by atoms with Gasteiger partial charge in [-0.3, -0.25) is 14.7 Å². The fraction of sp³-hybridized carbons (Fsp3) is 0.469. The summed E-state index contributed by atoms with van der Waals surface area (Å²) < 4.78 is 20.5. The van der Waals surface area contributed by atoms with Crippen LogP contribution in [0.25, 0.3) is 5.82 Å². The van der Waals surface area contributed by atoms with Crippen LogP contribution >= 0.6 is 0 Å². The van der Waals surface area contributed by atoms with Crippen LogP contribution in [0, 0.1) is 19.7 Å². The molecule has 244 valence electrons. The van der Waals surface area contributed by atoms with Crippen molar-refractivity contribution < 1.29 is 18.7 Å². The van der Waals surface area contributed by atoms with Crippen molar-refractivity contribution in [2.75, 3.05) is 12.4 Å². The van der Waals surface area contributed by atoms with Crippen molar-refractivity contribution in [3.63, 3.8) is 0 Å². The average molecular weight is 633 g/mol. The third kappa shape index (κ3) is 7.91. The number of anilines is 2. The number of rotatable bonds is 8. The number of methoxy groups -OCH3 is 1. The lowest BCUT2D eigenvalue weighted by Gasteiger charge is -2.38. The van der Waals surface area contributed by atoms with Crippen molar-refractivity contribution in [2.45, 2.75) is 89.8 Å². The Morgan fingerprint density at radius 3 is 2.46 bits per heavy atom. The lowest BCUT2D eigenvalue weighted by molar-refractivity contribution is -0.148. The molecule has 2 amide bonds. The summed E-state index contributed by atoms with van der Waals surface area (Å²) in [7, 11) is 1.58. The van der Waals surface area contributed by atoms with E-state index in [2.05, 4.69) is 41.2 Å². The van der Waals surface area contributed by atoms with E-state index in [1.54, 1.807) is 19.4 Å². The Morgan fingerprint density at radius 2 is 1.91 bits per heavy atom. The smallest absolute Gasteiger partial charge is 0.252 e. The number of nitrogens with one attached hydrogen (secondary N) is 4. The van der Waals surface area contributed by atoms with E-state index in [9.17, 15) is 14.0 Å². The van der Waals surface area contributed by atoms with Gasteiger partial charge in [-0.25, -0.2) is 24.0 Å². The molecule has 2 atom stereocenters. The number of aromatic amines is 1. The molecule has 4 aromatic heterocycles. The van der Waals surface area contributed by atoms with Crippen LogP contribution in [-0.4, -0.2) is 65.5 Å². The number of amides is 2. The Labute approximate surface area is 267 Å². The van der Waals surface area contributed by atoms with E-state index in [0.717, 1.165) is 54.7 Å². The van der Waals surface area contributed by atoms with Gasteiger partial charge in [0.2, 0.25) is 5.91 Å². The minimum absolute atomic E-state index is 0.115. The quantitative estimate of drug-likeness (QED) is 0.219. The Balaban J connectivity index is 0.000000527. The molecular weight excluding hydrogens is 591 g/mol. The predicted octanol–water partition coefficient (Wildman–Crippen LogP) is 4.49. The van der Waals surface area contributed by atoms with Crippen LogP contribution in [0.3, 0.4) is 0 Å². The molecule has 2 aliphatic rings. The number of carbonyl (C=O) groups excluding carboxylic acids is 2. The summed E-state index contributed by atoms with van der Waals surface area (Å²) in [5.41, 5.74) is 1.71. The molecule has 13 nitrogen and oxygen atoms in total. The molecule has 1 saturated carbocycles. The summed E-state index contributed by atoms with van der Waals surface area (Å²) in [6.07, 6.45) is 8.31. The zero-order valence-corrected chi connectivity index (χ0v) is 26.8. The van der Waals surface area contributed by atoms with Gasteiger partial charge in [0.25, 0.3) is 5.91 Å². The highest BCUT2D eigenvalue weighted by molar-refractivity contribution is 5.85. The van der Waals surface area contributed by atoms with E-state index in [1.165, 1.54) is 10.9 Å². The van der Waals surface area contributed by atoms with Gasteiger partial charge in [0.05, 0.1) is 18.4 Å². The van der Waals surface area contributed by atoms with E-state index < -0.39 is 11.4 Å².